The van der Waals surface area contributed by atoms with Crippen LogP contribution >= 0.6 is 0 Å². The van der Waals surface area contributed by atoms with Gasteiger partial charge in [0.15, 0.2) is 0 Å². The zero-order valence-corrected chi connectivity index (χ0v) is 12.2. The number of ether oxygens (including phenoxy) is 1. The summed E-state index contributed by atoms with van der Waals surface area (Å²) in [6.07, 6.45) is 3.01. The van der Waals surface area contributed by atoms with E-state index in [4.69, 9.17) is 4.74 Å². The van der Waals surface area contributed by atoms with Crippen molar-refractivity contribution in [1.29, 1.82) is 0 Å². The van der Waals surface area contributed by atoms with Crippen molar-refractivity contribution in [2.75, 3.05) is 12.4 Å². The maximum absolute atomic E-state index is 11.7. The average molecular weight is 301 g/mol. The van der Waals surface area contributed by atoms with Crippen LogP contribution in [-0.2, 0) is 20.9 Å². The molecule has 0 fully saturated rings. The topological polar surface area (TPSA) is 90.3 Å². The van der Waals surface area contributed by atoms with Gasteiger partial charge in [0, 0.05) is 13.1 Å². The number of carbonyl (C=O) groups is 3. The zero-order valence-electron chi connectivity index (χ0n) is 12.2. The van der Waals surface area contributed by atoms with Crippen molar-refractivity contribution in [1.82, 2.24) is 9.78 Å². The van der Waals surface area contributed by atoms with E-state index in [9.17, 15) is 14.4 Å². The van der Waals surface area contributed by atoms with Gasteiger partial charge in [-0.25, -0.2) is 4.79 Å². The number of rotatable bonds is 5. The minimum absolute atomic E-state index is 0.335. The normalized spacial score (nSPS) is 10.1. The van der Waals surface area contributed by atoms with E-state index in [-0.39, 0.29) is 0 Å². The molecular weight excluding hydrogens is 286 g/mol. The van der Waals surface area contributed by atoms with Crippen molar-refractivity contribution in [3.8, 4) is 0 Å². The Bertz CT molecular complexity index is 721. The van der Waals surface area contributed by atoms with Gasteiger partial charge in [0.05, 0.1) is 31.1 Å². The van der Waals surface area contributed by atoms with Gasteiger partial charge in [-0.2, -0.15) is 5.10 Å². The van der Waals surface area contributed by atoms with E-state index in [1.165, 1.54) is 20.2 Å². The van der Waals surface area contributed by atoms with Crippen LogP contribution in [0.5, 0.6) is 0 Å². The van der Waals surface area contributed by atoms with E-state index in [0.29, 0.717) is 17.8 Å². The number of aromatic nitrogens is 2. The number of amides is 1. The number of ketones is 1. The standard InChI is InChI=1S/C15H15N3O4/c1-10(19)14(20)17-12-7-16-18(9-12)8-11-5-3-4-6-13(11)15(21)22-2/h3-7,9H,8H2,1-2H3,(H,17,20). The van der Waals surface area contributed by atoms with Crippen molar-refractivity contribution in [3.63, 3.8) is 0 Å². The van der Waals surface area contributed by atoms with Crippen molar-refractivity contribution in [2.24, 2.45) is 0 Å². The Morgan fingerprint density at radius 2 is 2.00 bits per heavy atom. The van der Waals surface area contributed by atoms with Gasteiger partial charge in [-0.3, -0.25) is 14.3 Å². The van der Waals surface area contributed by atoms with Gasteiger partial charge in [0.2, 0.25) is 5.78 Å². The number of carbonyl (C=O) groups excluding carboxylic acids is 3. The van der Waals surface area contributed by atoms with Crippen LogP contribution in [0.4, 0.5) is 5.69 Å². The van der Waals surface area contributed by atoms with Crippen LogP contribution in [0.15, 0.2) is 36.7 Å². The van der Waals surface area contributed by atoms with Crippen LogP contribution in [0.3, 0.4) is 0 Å². The summed E-state index contributed by atoms with van der Waals surface area (Å²) in [4.78, 5) is 33.9. The van der Waals surface area contributed by atoms with Gasteiger partial charge in [-0.15, -0.1) is 0 Å². The van der Waals surface area contributed by atoms with Gasteiger partial charge in [-0.05, 0) is 11.6 Å². The van der Waals surface area contributed by atoms with Gasteiger partial charge >= 0.3 is 5.97 Å². The predicted molar refractivity (Wildman–Crippen MR) is 78.4 cm³/mol. The van der Waals surface area contributed by atoms with Crippen LogP contribution in [0.2, 0.25) is 0 Å². The molecule has 0 saturated carbocycles. The van der Waals surface area contributed by atoms with E-state index in [2.05, 4.69) is 10.4 Å². The molecule has 0 unspecified atom stereocenters. The molecule has 1 amide bonds. The highest BCUT2D eigenvalue weighted by Gasteiger charge is 2.13. The molecule has 0 aliphatic carbocycles. The molecule has 1 aromatic heterocycles. The van der Waals surface area contributed by atoms with Crippen LogP contribution in [0, 0.1) is 0 Å². The molecule has 2 aromatic rings. The fourth-order valence-corrected chi connectivity index (χ4v) is 1.88. The fraction of sp³-hybridized carbons (Fsp3) is 0.200. The van der Waals surface area contributed by atoms with Crippen molar-refractivity contribution in [3.05, 3.63) is 47.8 Å². The number of esters is 1. The number of nitrogens with one attached hydrogen (secondary N) is 1. The number of methoxy groups -OCH3 is 1. The number of anilines is 1. The third kappa shape index (κ3) is 3.57. The molecule has 22 heavy (non-hydrogen) atoms. The average Bonchev–Trinajstić information content (AvgIpc) is 2.94. The lowest BCUT2D eigenvalue weighted by molar-refractivity contribution is -0.133. The molecule has 0 atom stereocenters. The van der Waals surface area contributed by atoms with E-state index in [0.717, 1.165) is 5.56 Å². The Morgan fingerprint density at radius 3 is 2.68 bits per heavy atom. The maximum atomic E-state index is 11.7. The highest BCUT2D eigenvalue weighted by Crippen LogP contribution is 2.13. The number of benzene rings is 1. The second-order valence-corrected chi connectivity index (χ2v) is 4.59. The Balaban J connectivity index is 2.15. The number of nitrogens with zero attached hydrogens (tertiary/aromatic N) is 2. The molecule has 7 heteroatoms. The summed E-state index contributed by atoms with van der Waals surface area (Å²) < 4.78 is 6.29. The molecular formula is C15H15N3O4. The van der Waals surface area contributed by atoms with E-state index < -0.39 is 17.7 Å². The van der Waals surface area contributed by atoms with Gasteiger partial charge < -0.3 is 10.1 Å². The number of hydrogen-bond donors (Lipinski definition) is 1. The second kappa shape index (κ2) is 6.66. The molecule has 0 aliphatic heterocycles. The van der Waals surface area contributed by atoms with Crippen molar-refractivity contribution in [2.45, 2.75) is 13.5 Å². The quantitative estimate of drug-likeness (QED) is 0.663. The molecule has 0 saturated heterocycles. The monoisotopic (exact) mass is 301 g/mol. The van der Waals surface area contributed by atoms with Crippen LogP contribution in [0.1, 0.15) is 22.8 Å². The smallest absolute Gasteiger partial charge is 0.338 e. The van der Waals surface area contributed by atoms with Crippen LogP contribution in [0.25, 0.3) is 0 Å². The molecule has 0 bridgehead atoms. The summed E-state index contributed by atoms with van der Waals surface area (Å²) >= 11 is 0. The minimum Gasteiger partial charge on any atom is -0.465 e. The summed E-state index contributed by atoms with van der Waals surface area (Å²) in [6, 6.07) is 7.02. The second-order valence-electron chi connectivity index (χ2n) is 4.59. The zero-order chi connectivity index (χ0) is 16.1. The third-order valence-electron chi connectivity index (χ3n) is 2.97. The summed E-state index contributed by atoms with van der Waals surface area (Å²) in [5.41, 5.74) is 1.60. The molecule has 2 rings (SSSR count). The third-order valence-corrected chi connectivity index (χ3v) is 2.97. The van der Waals surface area contributed by atoms with Gasteiger partial charge in [0.25, 0.3) is 5.91 Å². The molecule has 7 nitrogen and oxygen atoms in total. The lowest BCUT2D eigenvalue weighted by Gasteiger charge is -2.07. The minimum atomic E-state index is -0.700. The number of hydrogen-bond acceptors (Lipinski definition) is 5. The summed E-state index contributed by atoms with van der Waals surface area (Å²) in [6.45, 7) is 1.52. The Kier molecular flexibility index (Phi) is 4.67. The lowest BCUT2D eigenvalue weighted by atomic mass is 10.1. The summed E-state index contributed by atoms with van der Waals surface area (Å²) in [5, 5.41) is 6.52. The molecule has 0 spiro atoms. The lowest BCUT2D eigenvalue weighted by Crippen LogP contribution is -2.19. The Morgan fingerprint density at radius 1 is 1.27 bits per heavy atom. The Labute approximate surface area is 126 Å². The van der Waals surface area contributed by atoms with E-state index in [1.54, 1.807) is 29.1 Å². The molecule has 0 radical (unpaired) electrons. The molecule has 1 aromatic carbocycles. The first-order valence-corrected chi connectivity index (χ1v) is 6.52. The van der Waals surface area contributed by atoms with Gasteiger partial charge in [0.1, 0.15) is 0 Å². The van der Waals surface area contributed by atoms with Crippen molar-refractivity contribution < 1.29 is 19.1 Å². The predicted octanol–water partition coefficient (Wildman–Crippen LogP) is 1.25. The first-order chi connectivity index (χ1) is 10.5. The van der Waals surface area contributed by atoms with Crippen LogP contribution in [-0.4, -0.2) is 34.6 Å². The van der Waals surface area contributed by atoms with E-state index in [1.807, 2.05) is 6.07 Å². The summed E-state index contributed by atoms with van der Waals surface area (Å²) in [5.74, 6) is -1.70. The molecule has 1 heterocycles. The van der Waals surface area contributed by atoms with Crippen LogP contribution < -0.4 is 5.32 Å². The highest BCUT2D eigenvalue weighted by molar-refractivity contribution is 6.39. The number of Topliss-reactive ketones (excluding diaryl/α,β-unsaturated/α-hetero) is 1. The van der Waals surface area contributed by atoms with E-state index >= 15 is 0 Å². The first-order valence-electron chi connectivity index (χ1n) is 6.52. The fourth-order valence-electron chi connectivity index (χ4n) is 1.88. The van der Waals surface area contributed by atoms with Crippen molar-refractivity contribution >= 4 is 23.3 Å². The molecule has 0 aliphatic rings. The SMILES string of the molecule is COC(=O)c1ccccc1Cn1cc(NC(=O)C(C)=O)cn1. The summed E-state index contributed by atoms with van der Waals surface area (Å²) in [7, 11) is 1.32. The maximum Gasteiger partial charge on any atom is 0.338 e. The first kappa shape index (κ1) is 15.4. The highest BCUT2D eigenvalue weighted by atomic mass is 16.5. The van der Waals surface area contributed by atoms with Gasteiger partial charge in [-0.1, -0.05) is 18.2 Å². The Hall–Kier alpha value is -2.96. The molecule has 1 N–H and O–H groups in total. The largest absolute Gasteiger partial charge is 0.465 e. The molecule has 114 valence electrons.